The summed E-state index contributed by atoms with van der Waals surface area (Å²) in [6.45, 7) is 3.12. The van der Waals surface area contributed by atoms with E-state index >= 15 is 0 Å². The van der Waals surface area contributed by atoms with E-state index in [0.717, 1.165) is 11.8 Å². The van der Waals surface area contributed by atoms with E-state index in [1.54, 1.807) is 11.8 Å². The number of hydrogen-bond acceptors (Lipinski definition) is 8. The lowest BCUT2D eigenvalue weighted by Gasteiger charge is -2.30. The number of H-pyrrole nitrogens is 1. The third-order valence-corrected chi connectivity index (χ3v) is 4.98. The molecule has 9 nitrogen and oxygen atoms in total. The van der Waals surface area contributed by atoms with Gasteiger partial charge in [-0.2, -0.15) is 0 Å². The minimum Gasteiger partial charge on any atom is -0.469 e. The quantitative estimate of drug-likeness (QED) is 0.398. The minimum atomic E-state index is -0.496. The molecule has 148 valence electrons. The molecule has 0 atom stereocenters. The van der Waals surface area contributed by atoms with Crippen LogP contribution in [0.3, 0.4) is 0 Å². The number of nitrogens with zero attached hydrogens (tertiary/aromatic N) is 2. The van der Waals surface area contributed by atoms with Gasteiger partial charge in [-0.1, -0.05) is 11.8 Å². The molecule has 0 radical (unpaired) electrons. The van der Waals surface area contributed by atoms with Crippen LogP contribution in [0.5, 0.6) is 0 Å². The molecule has 1 aliphatic heterocycles. The predicted octanol–water partition coefficient (Wildman–Crippen LogP) is 0.379. The van der Waals surface area contributed by atoms with Gasteiger partial charge in [-0.05, 0) is 19.8 Å². The van der Waals surface area contributed by atoms with Crippen molar-refractivity contribution in [1.82, 2.24) is 14.9 Å². The molecule has 1 fully saturated rings. The molecule has 0 saturated carbocycles. The molecule has 1 saturated heterocycles. The Morgan fingerprint density at radius 1 is 1.33 bits per heavy atom. The Morgan fingerprint density at radius 3 is 2.67 bits per heavy atom. The standard InChI is InChI=1S/C17H23N3O6S/c1-3-26-16(24)11-4-6-20(7-5-11)14(22)10-27-17-18-12(8-13(21)19-17)9-15(23)25-2/h8,11H,3-7,9-10H2,1-2H3,(H,18,19,21). The second kappa shape index (κ2) is 10.1. The van der Waals surface area contributed by atoms with Crippen molar-refractivity contribution in [3.05, 3.63) is 22.1 Å². The van der Waals surface area contributed by atoms with Crippen molar-refractivity contribution in [3.63, 3.8) is 0 Å². The molecular weight excluding hydrogens is 374 g/mol. The Morgan fingerprint density at radius 2 is 2.04 bits per heavy atom. The number of hydrogen-bond donors (Lipinski definition) is 1. The van der Waals surface area contributed by atoms with Gasteiger partial charge in [0, 0.05) is 19.2 Å². The van der Waals surface area contributed by atoms with Crippen LogP contribution in [0.2, 0.25) is 0 Å². The minimum absolute atomic E-state index is 0.0941. The first-order valence-corrected chi connectivity index (χ1v) is 9.65. The highest BCUT2D eigenvalue weighted by atomic mass is 32.2. The van der Waals surface area contributed by atoms with Crippen LogP contribution < -0.4 is 5.56 Å². The fourth-order valence-corrected chi connectivity index (χ4v) is 3.51. The van der Waals surface area contributed by atoms with E-state index in [0.29, 0.717) is 32.5 Å². The average Bonchev–Trinajstić information content (AvgIpc) is 2.66. The average molecular weight is 397 g/mol. The number of aromatic amines is 1. The molecule has 0 spiro atoms. The summed E-state index contributed by atoms with van der Waals surface area (Å²) in [6.07, 6.45) is 1.06. The third-order valence-electron chi connectivity index (χ3n) is 4.13. The molecule has 0 aromatic carbocycles. The highest BCUT2D eigenvalue weighted by Crippen LogP contribution is 2.20. The van der Waals surface area contributed by atoms with Crippen LogP contribution in [-0.4, -0.2) is 65.3 Å². The zero-order valence-corrected chi connectivity index (χ0v) is 16.2. The van der Waals surface area contributed by atoms with Gasteiger partial charge >= 0.3 is 11.9 Å². The first kappa shape index (κ1) is 20.9. The summed E-state index contributed by atoms with van der Waals surface area (Å²) in [6, 6.07) is 1.23. The highest BCUT2D eigenvalue weighted by Gasteiger charge is 2.28. The van der Waals surface area contributed by atoms with E-state index in [2.05, 4.69) is 14.7 Å². The van der Waals surface area contributed by atoms with Crippen LogP contribution in [0, 0.1) is 5.92 Å². The molecule has 1 aliphatic rings. The topological polar surface area (TPSA) is 119 Å². The largest absolute Gasteiger partial charge is 0.469 e. The van der Waals surface area contributed by atoms with E-state index in [9.17, 15) is 19.2 Å². The van der Waals surface area contributed by atoms with E-state index in [1.807, 2.05) is 0 Å². The maximum absolute atomic E-state index is 12.4. The maximum Gasteiger partial charge on any atom is 0.311 e. The van der Waals surface area contributed by atoms with Gasteiger partial charge in [0.15, 0.2) is 5.16 Å². The van der Waals surface area contributed by atoms with Crippen LogP contribution in [0.25, 0.3) is 0 Å². The van der Waals surface area contributed by atoms with Crippen molar-refractivity contribution in [2.24, 2.45) is 5.92 Å². The third kappa shape index (κ3) is 6.38. The Bertz CT molecular complexity index is 742. The Balaban J connectivity index is 1.86. The summed E-state index contributed by atoms with van der Waals surface area (Å²) in [5.74, 6) is -0.847. The van der Waals surface area contributed by atoms with Crippen LogP contribution in [0.15, 0.2) is 16.0 Å². The van der Waals surface area contributed by atoms with Gasteiger partial charge in [-0.25, -0.2) is 4.98 Å². The van der Waals surface area contributed by atoms with Crippen molar-refractivity contribution in [3.8, 4) is 0 Å². The van der Waals surface area contributed by atoms with E-state index < -0.39 is 11.5 Å². The molecule has 10 heteroatoms. The lowest BCUT2D eigenvalue weighted by atomic mass is 9.97. The molecule has 0 aliphatic carbocycles. The van der Waals surface area contributed by atoms with Crippen LogP contribution in [0.4, 0.5) is 0 Å². The van der Waals surface area contributed by atoms with E-state index in [4.69, 9.17) is 4.74 Å². The summed E-state index contributed by atoms with van der Waals surface area (Å²) < 4.78 is 9.58. The van der Waals surface area contributed by atoms with Crippen LogP contribution in [-0.2, 0) is 30.3 Å². The Labute approximate surface area is 160 Å². The van der Waals surface area contributed by atoms with Gasteiger partial charge in [0.05, 0.1) is 37.5 Å². The van der Waals surface area contributed by atoms with Crippen LogP contribution in [0.1, 0.15) is 25.5 Å². The molecule has 1 aromatic rings. The number of methoxy groups -OCH3 is 1. The van der Waals surface area contributed by atoms with Gasteiger partial charge in [-0.15, -0.1) is 0 Å². The Hall–Kier alpha value is -2.36. The van der Waals surface area contributed by atoms with Crippen molar-refractivity contribution in [2.75, 3.05) is 32.6 Å². The number of carbonyl (C=O) groups is 3. The monoisotopic (exact) mass is 397 g/mol. The van der Waals surface area contributed by atoms with Crippen molar-refractivity contribution < 1.29 is 23.9 Å². The van der Waals surface area contributed by atoms with Gasteiger partial charge in [0.1, 0.15) is 0 Å². The second-order valence-electron chi connectivity index (χ2n) is 5.99. The number of likely N-dealkylation sites (tertiary alicyclic amines) is 1. The number of thioether (sulfide) groups is 1. The number of carbonyl (C=O) groups excluding carboxylic acids is 3. The van der Waals surface area contributed by atoms with E-state index in [1.165, 1.54) is 13.2 Å². The number of piperidine rings is 1. The molecule has 0 unspecified atom stereocenters. The lowest BCUT2D eigenvalue weighted by Crippen LogP contribution is -2.41. The molecule has 1 aromatic heterocycles. The van der Waals surface area contributed by atoms with E-state index in [-0.39, 0.29) is 40.8 Å². The normalized spacial score (nSPS) is 14.7. The molecule has 0 bridgehead atoms. The van der Waals surface area contributed by atoms with Gasteiger partial charge in [-0.3, -0.25) is 19.2 Å². The second-order valence-corrected chi connectivity index (χ2v) is 6.95. The highest BCUT2D eigenvalue weighted by molar-refractivity contribution is 7.99. The smallest absolute Gasteiger partial charge is 0.311 e. The molecule has 27 heavy (non-hydrogen) atoms. The SMILES string of the molecule is CCOC(=O)C1CCN(C(=O)CSc2nc(CC(=O)OC)cc(=O)[nH]2)CC1. The number of aromatic nitrogens is 2. The number of amides is 1. The zero-order chi connectivity index (χ0) is 19.8. The summed E-state index contributed by atoms with van der Waals surface area (Å²) in [5.41, 5.74) is -0.107. The van der Waals surface area contributed by atoms with Gasteiger partial charge < -0.3 is 19.4 Å². The summed E-state index contributed by atoms with van der Waals surface area (Å²) in [5, 5.41) is 0.274. The molecule has 2 heterocycles. The van der Waals surface area contributed by atoms with Crippen LogP contribution >= 0.6 is 11.8 Å². The van der Waals surface area contributed by atoms with Gasteiger partial charge in [0.2, 0.25) is 5.91 Å². The zero-order valence-electron chi connectivity index (χ0n) is 15.4. The molecular formula is C17H23N3O6S. The number of nitrogens with one attached hydrogen (secondary N) is 1. The first-order chi connectivity index (χ1) is 12.9. The first-order valence-electron chi connectivity index (χ1n) is 8.67. The summed E-state index contributed by atoms with van der Waals surface area (Å²) >= 11 is 1.10. The van der Waals surface area contributed by atoms with Crippen molar-refractivity contribution in [1.29, 1.82) is 0 Å². The predicted molar refractivity (Wildman–Crippen MR) is 97.2 cm³/mol. The maximum atomic E-state index is 12.4. The Kier molecular flexibility index (Phi) is 7.83. The molecule has 2 rings (SSSR count). The fourth-order valence-electron chi connectivity index (χ4n) is 2.71. The van der Waals surface area contributed by atoms with Crippen molar-refractivity contribution >= 4 is 29.6 Å². The number of rotatable bonds is 7. The summed E-state index contributed by atoms with van der Waals surface area (Å²) in [7, 11) is 1.26. The number of esters is 2. The van der Waals surface area contributed by atoms with Gasteiger partial charge in [0.25, 0.3) is 5.56 Å². The fraction of sp³-hybridized carbons (Fsp3) is 0.588. The molecule has 1 N–H and O–H groups in total. The lowest BCUT2D eigenvalue weighted by molar-refractivity contribution is -0.151. The van der Waals surface area contributed by atoms with Crippen molar-refractivity contribution in [2.45, 2.75) is 31.3 Å². The number of ether oxygens (including phenoxy) is 2. The summed E-state index contributed by atoms with van der Waals surface area (Å²) in [4.78, 5) is 55.5. The molecule has 1 amide bonds.